The molecule has 1 N–H and O–H groups in total. The van der Waals surface area contributed by atoms with Crippen molar-refractivity contribution in [2.24, 2.45) is 0 Å². The highest BCUT2D eigenvalue weighted by molar-refractivity contribution is 9.10. The summed E-state index contributed by atoms with van der Waals surface area (Å²) in [6.45, 7) is 0. The van der Waals surface area contributed by atoms with Crippen molar-refractivity contribution in [2.75, 3.05) is 25.9 Å². The van der Waals surface area contributed by atoms with Crippen LogP contribution in [0, 0.1) is 0 Å². The van der Waals surface area contributed by atoms with E-state index in [1.807, 2.05) is 0 Å². The lowest BCUT2D eigenvalue weighted by Crippen LogP contribution is -2.29. The summed E-state index contributed by atoms with van der Waals surface area (Å²) < 4.78 is 32.6. The molecule has 16 heavy (non-hydrogen) atoms. The largest absolute Gasteiger partial charge is 0.495 e. The molecule has 0 aliphatic heterocycles. The number of nitrogens with one attached hydrogen (secondary N) is 1. The molecule has 0 unspecified atom stereocenters. The molecule has 0 saturated carbocycles. The highest BCUT2D eigenvalue weighted by atomic mass is 79.9. The molecule has 0 radical (unpaired) electrons. The average Bonchev–Trinajstić information content (AvgIpc) is 2.17. The molecule has 0 saturated heterocycles. The van der Waals surface area contributed by atoms with Crippen molar-refractivity contribution >= 4 is 31.8 Å². The highest BCUT2D eigenvalue weighted by Crippen LogP contribution is 2.28. The Labute approximate surface area is 104 Å². The van der Waals surface area contributed by atoms with Crippen LogP contribution in [0.2, 0.25) is 0 Å². The molecule has 0 aliphatic rings. The van der Waals surface area contributed by atoms with Gasteiger partial charge in [-0.3, -0.25) is 4.72 Å². The van der Waals surface area contributed by atoms with Gasteiger partial charge in [-0.05, 0) is 18.2 Å². The van der Waals surface area contributed by atoms with Crippen LogP contribution in [-0.2, 0) is 10.2 Å². The molecule has 1 aromatic rings. The molecule has 0 aromatic heterocycles. The molecule has 1 rings (SSSR count). The Morgan fingerprint density at radius 2 is 2.00 bits per heavy atom. The van der Waals surface area contributed by atoms with Gasteiger partial charge in [-0.15, -0.1) is 0 Å². The zero-order valence-electron chi connectivity index (χ0n) is 9.19. The zero-order chi connectivity index (χ0) is 12.3. The van der Waals surface area contributed by atoms with Crippen LogP contribution >= 0.6 is 15.9 Å². The maximum absolute atomic E-state index is 11.6. The number of nitrogens with zero attached hydrogens (tertiary/aromatic N) is 1. The first kappa shape index (κ1) is 13.3. The van der Waals surface area contributed by atoms with Gasteiger partial charge in [0, 0.05) is 18.6 Å². The zero-order valence-corrected chi connectivity index (χ0v) is 11.6. The van der Waals surface area contributed by atoms with Crippen LogP contribution in [0.15, 0.2) is 22.7 Å². The number of ether oxygens (including phenoxy) is 1. The minimum Gasteiger partial charge on any atom is -0.495 e. The Morgan fingerprint density at radius 1 is 1.38 bits per heavy atom. The Bertz CT molecular complexity index is 474. The van der Waals surface area contributed by atoms with Gasteiger partial charge in [-0.25, -0.2) is 0 Å². The van der Waals surface area contributed by atoms with Gasteiger partial charge in [0.1, 0.15) is 5.75 Å². The number of methoxy groups -OCH3 is 1. The van der Waals surface area contributed by atoms with E-state index in [-0.39, 0.29) is 0 Å². The van der Waals surface area contributed by atoms with E-state index < -0.39 is 10.2 Å². The lowest BCUT2D eigenvalue weighted by atomic mass is 10.3. The van der Waals surface area contributed by atoms with Crippen LogP contribution in [0.5, 0.6) is 5.75 Å². The number of halogens is 1. The average molecular weight is 309 g/mol. The van der Waals surface area contributed by atoms with Gasteiger partial charge in [0.2, 0.25) is 0 Å². The molecule has 0 bridgehead atoms. The molecule has 0 amide bonds. The van der Waals surface area contributed by atoms with Crippen molar-refractivity contribution in [3.63, 3.8) is 0 Å². The summed E-state index contributed by atoms with van der Waals surface area (Å²) in [4.78, 5) is 0. The molecule has 0 aliphatic carbocycles. The van der Waals surface area contributed by atoms with E-state index in [1.165, 1.54) is 21.2 Å². The monoisotopic (exact) mass is 308 g/mol. The summed E-state index contributed by atoms with van der Waals surface area (Å²) in [5, 5.41) is 0. The summed E-state index contributed by atoms with van der Waals surface area (Å²) in [6.07, 6.45) is 0. The first-order chi connectivity index (χ1) is 7.36. The molecule has 0 atom stereocenters. The van der Waals surface area contributed by atoms with Crippen molar-refractivity contribution < 1.29 is 13.2 Å². The molecule has 7 heteroatoms. The van der Waals surface area contributed by atoms with Crippen LogP contribution in [-0.4, -0.2) is 33.9 Å². The minimum atomic E-state index is -3.52. The third-order valence-corrected chi connectivity index (χ3v) is 3.81. The molecule has 0 fully saturated rings. The van der Waals surface area contributed by atoms with E-state index in [1.54, 1.807) is 18.2 Å². The predicted molar refractivity (Wildman–Crippen MR) is 66.9 cm³/mol. The first-order valence-corrected chi connectivity index (χ1v) is 6.64. The van der Waals surface area contributed by atoms with E-state index in [2.05, 4.69) is 20.7 Å². The second kappa shape index (κ2) is 5.03. The second-order valence-corrected chi connectivity index (χ2v) is 6.03. The summed E-state index contributed by atoms with van der Waals surface area (Å²) in [5.41, 5.74) is 0.394. The molecular formula is C9H13BrN2O3S. The Kier molecular flexibility index (Phi) is 4.17. The SMILES string of the molecule is COc1ccc(Br)cc1NS(=O)(=O)N(C)C. The van der Waals surface area contributed by atoms with Crippen LogP contribution < -0.4 is 9.46 Å². The standard InChI is InChI=1S/C9H13BrN2O3S/c1-12(2)16(13,14)11-8-6-7(10)4-5-9(8)15-3/h4-6,11H,1-3H3. The van der Waals surface area contributed by atoms with E-state index in [0.717, 1.165) is 8.78 Å². The van der Waals surface area contributed by atoms with Crippen molar-refractivity contribution in [1.29, 1.82) is 0 Å². The first-order valence-electron chi connectivity index (χ1n) is 4.40. The van der Waals surface area contributed by atoms with Crippen LogP contribution in [0.3, 0.4) is 0 Å². The fraction of sp³-hybridized carbons (Fsp3) is 0.333. The van der Waals surface area contributed by atoms with Crippen molar-refractivity contribution in [2.45, 2.75) is 0 Å². The van der Waals surface area contributed by atoms with Crippen LogP contribution in [0.1, 0.15) is 0 Å². The lowest BCUT2D eigenvalue weighted by molar-refractivity contribution is 0.416. The normalized spacial score (nSPS) is 11.6. The second-order valence-electron chi connectivity index (χ2n) is 3.23. The quantitative estimate of drug-likeness (QED) is 0.920. The summed E-state index contributed by atoms with van der Waals surface area (Å²) in [6, 6.07) is 5.09. The Morgan fingerprint density at radius 3 is 2.50 bits per heavy atom. The van der Waals surface area contributed by atoms with Gasteiger partial charge < -0.3 is 4.74 Å². The fourth-order valence-corrected chi connectivity index (χ4v) is 1.97. The third-order valence-electron chi connectivity index (χ3n) is 1.88. The number of benzene rings is 1. The smallest absolute Gasteiger partial charge is 0.301 e. The Hall–Kier alpha value is -0.790. The summed E-state index contributed by atoms with van der Waals surface area (Å²) in [7, 11) is 0.867. The van der Waals surface area contributed by atoms with Gasteiger partial charge in [0.05, 0.1) is 12.8 Å². The van der Waals surface area contributed by atoms with Crippen LogP contribution in [0.25, 0.3) is 0 Å². The minimum absolute atomic E-state index is 0.394. The number of hydrogen-bond donors (Lipinski definition) is 1. The van der Waals surface area contributed by atoms with Gasteiger partial charge in [0.15, 0.2) is 0 Å². The Balaban J connectivity index is 3.10. The molecular weight excluding hydrogens is 296 g/mol. The van der Waals surface area contributed by atoms with Crippen LogP contribution in [0.4, 0.5) is 5.69 Å². The number of hydrogen-bond acceptors (Lipinski definition) is 3. The van der Waals surface area contributed by atoms with E-state index in [9.17, 15) is 8.42 Å². The molecule has 5 nitrogen and oxygen atoms in total. The maximum atomic E-state index is 11.6. The highest BCUT2D eigenvalue weighted by Gasteiger charge is 2.15. The summed E-state index contributed by atoms with van der Waals surface area (Å²) >= 11 is 3.27. The van der Waals surface area contributed by atoms with Gasteiger partial charge in [-0.2, -0.15) is 12.7 Å². The van der Waals surface area contributed by atoms with Crippen molar-refractivity contribution in [3.05, 3.63) is 22.7 Å². The predicted octanol–water partition coefficient (Wildman–Crippen LogP) is 1.68. The van der Waals surface area contributed by atoms with Gasteiger partial charge in [0.25, 0.3) is 0 Å². The lowest BCUT2D eigenvalue weighted by Gasteiger charge is -2.15. The molecule has 90 valence electrons. The molecule has 0 heterocycles. The van der Waals surface area contributed by atoms with Gasteiger partial charge >= 0.3 is 10.2 Å². The molecule has 0 spiro atoms. The maximum Gasteiger partial charge on any atom is 0.301 e. The molecule has 1 aromatic carbocycles. The number of anilines is 1. The van der Waals surface area contributed by atoms with E-state index in [4.69, 9.17) is 4.74 Å². The fourth-order valence-electron chi connectivity index (χ4n) is 0.990. The van der Waals surface area contributed by atoms with Gasteiger partial charge in [-0.1, -0.05) is 15.9 Å². The number of rotatable bonds is 4. The summed E-state index contributed by atoms with van der Waals surface area (Å²) in [5.74, 6) is 0.466. The van der Waals surface area contributed by atoms with E-state index in [0.29, 0.717) is 11.4 Å². The van der Waals surface area contributed by atoms with E-state index >= 15 is 0 Å². The topological polar surface area (TPSA) is 58.6 Å². The van der Waals surface area contributed by atoms with Crippen molar-refractivity contribution in [3.8, 4) is 5.75 Å². The third kappa shape index (κ3) is 3.10. The van der Waals surface area contributed by atoms with Crippen molar-refractivity contribution in [1.82, 2.24) is 4.31 Å².